The summed E-state index contributed by atoms with van der Waals surface area (Å²) < 4.78 is 46.7. The summed E-state index contributed by atoms with van der Waals surface area (Å²) in [5.74, 6) is -1.91. The third-order valence-corrected chi connectivity index (χ3v) is 5.25. The van der Waals surface area contributed by atoms with Gasteiger partial charge in [-0.1, -0.05) is 13.0 Å². The van der Waals surface area contributed by atoms with Crippen LogP contribution < -0.4 is 19.1 Å². The van der Waals surface area contributed by atoms with Crippen LogP contribution in [0.15, 0.2) is 24.3 Å². The number of hydrogen-bond donors (Lipinski definition) is 3. The Bertz CT molecular complexity index is 964. The zero-order valence-corrected chi connectivity index (χ0v) is 14.8. The number of fused-ring (bicyclic) bond motifs is 1. The van der Waals surface area contributed by atoms with Crippen LogP contribution in [-0.2, 0) is 15.0 Å². The van der Waals surface area contributed by atoms with Crippen LogP contribution in [-0.4, -0.2) is 45.7 Å². The number of nitrogens with zero attached hydrogens (tertiary/aromatic N) is 1. The normalized spacial score (nSPS) is 16.1. The maximum atomic E-state index is 15.0. The molecular formula is C16H18FN3O5S. The zero-order valence-electron chi connectivity index (χ0n) is 14.0. The average Bonchev–Trinajstić information content (AvgIpc) is 2.84. The Labute approximate surface area is 149 Å². The van der Waals surface area contributed by atoms with E-state index in [-0.39, 0.29) is 5.39 Å². The van der Waals surface area contributed by atoms with Gasteiger partial charge in [0.15, 0.2) is 5.82 Å². The molecule has 10 heteroatoms. The molecule has 0 unspecified atom stereocenters. The maximum absolute atomic E-state index is 15.0. The number of benzene rings is 2. The molecule has 0 atom stereocenters. The van der Waals surface area contributed by atoms with Gasteiger partial charge < -0.3 is 15.2 Å². The van der Waals surface area contributed by atoms with Gasteiger partial charge in [-0.25, -0.2) is 13.4 Å². The fraction of sp³-hybridized carbons (Fsp3) is 0.312. The van der Waals surface area contributed by atoms with E-state index < -0.39 is 39.9 Å². The molecular weight excluding hydrogens is 365 g/mol. The van der Waals surface area contributed by atoms with E-state index in [0.717, 1.165) is 6.54 Å². The molecule has 0 aliphatic carbocycles. The quantitative estimate of drug-likeness (QED) is 0.639. The highest BCUT2D eigenvalue weighted by Crippen LogP contribution is 2.39. The third kappa shape index (κ3) is 3.37. The van der Waals surface area contributed by atoms with Crippen LogP contribution in [0, 0.1) is 5.82 Å². The molecule has 26 heavy (non-hydrogen) atoms. The van der Waals surface area contributed by atoms with Crippen LogP contribution in [0.2, 0.25) is 0 Å². The monoisotopic (exact) mass is 383 g/mol. The highest BCUT2D eigenvalue weighted by Gasteiger charge is 2.37. The number of anilines is 1. The highest BCUT2D eigenvalue weighted by atomic mass is 32.2. The number of halogens is 1. The molecule has 3 N–H and O–H groups in total. The van der Waals surface area contributed by atoms with Gasteiger partial charge in [-0.2, -0.15) is 8.42 Å². The third-order valence-electron chi connectivity index (χ3n) is 3.87. The summed E-state index contributed by atoms with van der Waals surface area (Å²) in [5, 5.41) is 13.7. The van der Waals surface area contributed by atoms with Crippen LogP contribution in [0.4, 0.5) is 10.1 Å². The molecule has 1 saturated heterocycles. The summed E-state index contributed by atoms with van der Waals surface area (Å²) in [5.41, 5.74) is -0.569. The Morgan fingerprint density at radius 1 is 1.38 bits per heavy atom. The van der Waals surface area contributed by atoms with Gasteiger partial charge in [-0.3, -0.25) is 4.79 Å². The van der Waals surface area contributed by atoms with E-state index in [1.54, 1.807) is 16.9 Å². The van der Waals surface area contributed by atoms with E-state index in [9.17, 15) is 18.3 Å². The number of amides is 1. The van der Waals surface area contributed by atoms with Crippen molar-refractivity contribution in [1.82, 2.24) is 10.0 Å². The van der Waals surface area contributed by atoms with Crippen molar-refractivity contribution < 1.29 is 27.4 Å². The highest BCUT2D eigenvalue weighted by molar-refractivity contribution is 7.92. The number of aromatic hydroxyl groups is 1. The fourth-order valence-electron chi connectivity index (χ4n) is 2.70. The number of hydrogen-bond acceptors (Lipinski definition) is 6. The minimum Gasteiger partial charge on any atom is -0.506 e. The topological polar surface area (TPSA) is 108 Å². The average molecular weight is 383 g/mol. The Kier molecular flexibility index (Phi) is 4.88. The molecule has 3 rings (SSSR count). The molecule has 1 amide bonds. The molecule has 0 radical (unpaired) electrons. The molecule has 2 aromatic rings. The number of nitrogens with one attached hydrogen (secondary N) is 2. The lowest BCUT2D eigenvalue weighted by Crippen LogP contribution is -2.30. The Morgan fingerprint density at radius 2 is 2.15 bits per heavy atom. The number of likely N-dealkylation sites (N-methyl/N-ethyl adjacent to an activating group) is 1. The SMILES string of the molecule is CCNCCOc1ccc2cc(O)c(N3CC(=O)NS3(=O)=O)c(F)c2c1. The first-order valence-electron chi connectivity index (χ1n) is 7.95. The Hall–Kier alpha value is -2.59. The molecule has 1 heterocycles. The second-order valence-electron chi connectivity index (χ2n) is 5.68. The van der Waals surface area contributed by atoms with Crippen molar-refractivity contribution in [1.29, 1.82) is 0 Å². The minimum atomic E-state index is -4.24. The summed E-state index contributed by atoms with van der Waals surface area (Å²) in [6.45, 7) is 3.17. The molecule has 140 valence electrons. The standard InChI is InChI=1S/C16H18FN3O5S/c1-2-18-5-6-25-11-4-3-10-7-13(21)16(15(17)12(10)8-11)20-9-14(22)19-26(20,23)24/h3-4,7-8,18,21H,2,5-6,9H2,1H3,(H,19,22). The Balaban J connectivity index is 2.01. The molecule has 2 aromatic carbocycles. The predicted molar refractivity (Wildman–Crippen MR) is 94.0 cm³/mol. The second kappa shape index (κ2) is 6.96. The van der Waals surface area contributed by atoms with Gasteiger partial charge in [-0.15, -0.1) is 0 Å². The summed E-state index contributed by atoms with van der Waals surface area (Å²) in [6.07, 6.45) is 0. The van der Waals surface area contributed by atoms with Gasteiger partial charge in [0.25, 0.3) is 5.91 Å². The lowest BCUT2D eigenvalue weighted by Gasteiger charge is -2.18. The van der Waals surface area contributed by atoms with Gasteiger partial charge in [0, 0.05) is 11.9 Å². The van der Waals surface area contributed by atoms with E-state index in [2.05, 4.69) is 5.32 Å². The molecule has 0 spiro atoms. The van der Waals surface area contributed by atoms with Gasteiger partial charge in [-0.05, 0) is 30.1 Å². The van der Waals surface area contributed by atoms with Gasteiger partial charge in [0.1, 0.15) is 30.3 Å². The first-order valence-corrected chi connectivity index (χ1v) is 9.39. The van der Waals surface area contributed by atoms with Crippen molar-refractivity contribution in [3.63, 3.8) is 0 Å². The molecule has 0 saturated carbocycles. The second-order valence-corrected chi connectivity index (χ2v) is 7.28. The number of ether oxygens (including phenoxy) is 1. The van der Waals surface area contributed by atoms with Crippen molar-refractivity contribution in [3.8, 4) is 11.5 Å². The first kappa shape index (κ1) is 18.2. The van der Waals surface area contributed by atoms with Gasteiger partial charge >= 0.3 is 10.2 Å². The Morgan fingerprint density at radius 3 is 2.81 bits per heavy atom. The van der Waals surface area contributed by atoms with Crippen molar-refractivity contribution in [2.45, 2.75) is 6.92 Å². The number of carbonyl (C=O) groups is 1. The summed E-state index contributed by atoms with van der Waals surface area (Å²) in [7, 11) is -4.24. The van der Waals surface area contributed by atoms with E-state index in [1.165, 1.54) is 12.1 Å². The van der Waals surface area contributed by atoms with Crippen molar-refractivity contribution >= 4 is 32.6 Å². The summed E-state index contributed by atoms with van der Waals surface area (Å²) >= 11 is 0. The number of phenolic OH excluding ortho intramolecular Hbond substituents is 1. The van der Waals surface area contributed by atoms with Crippen LogP contribution in [0.5, 0.6) is 11.5 Å². The van der Waals surface area contributed by atoms with Crippen LogP contribution >= 0.6 is 0 Å². The summed E-state index contributed by atoms with van der Waals surface area (Å²) in [4.78, 5) is 11.4. The summed E-state index contributed by atoms with van der Waals surface area (Å²) in [6, 6.07) is 5.86. The van der Waals surface area contributed by atoms with E-state index >= 15 is 4.39 Å². The van der Waals surface area contributed by atoms with Gasteiger partial charge in [0.05, 0.1) is 0 Å². The largest absolute Gasteiger partial charge is 0.506 e. The number of carbonyl (C=O) groups excluding carboxylic acids is 1. The molecule has 0 bridgehead atoms. The number of phenols is 1. The fourth-order valence-corrected chi connectivity index (χ4v) is 3.86. The number of rotatable bonds is 6. The maximum Gasteiger partial charge on any atom is 0.326 e. The molecule has 0 aromatic heterocycles. The van der Waals surface area contributed by atoms with Gasteiger partial charge in [0.2, 0.25) is 0 Å². The minimum absolute atomic E-state index is 0.0771. The molecule has 1 aliphatic heterocycles. The predicted octanol–water partition coefficient (Wildman–Crippen LogP) is 0.854. The van der Waals surface area contributed by atoms with E-state index in [0.29, 0.717) is 28.6 Å². The van der Waals surface area contributed by atoms with E-state index in [1.807, 2.05) is 6.92 Å². The van der Waals surface area contributed by atoms with Crippen LogP contribution in [0.25, 0.3) is 10.8 Å². The smallest absolute Gasteiger partial charge is 0.326 e. The van der Waals surface area contributed by atoms with Crippen molar-refractivity contribution in [2.24, 2.45) is 0 Å². The van der Waals surface area contributed by atoms with Crippen LogP contribution in [0.1, 0.15) is 6.92 Å². The van der Waals surface area contributed by atoms with Crippen molar-refractivity contribution in [3.05, 3.63) is 30.1 Å². The molecule has 1 fully saturated rings. The lowest BCUT2D eigenvalue weighted by atomic mass is 10.1. The molecule has 1 aliphatic rings. The first-order chi connectivity index (χ1) is 12.3. The van der Waals surface area contributed by atoms with E-state index in [4.69, 9.17) is 4.74 Å². The molecule has 8 nitrogen and oxygen atoms in total. The zero-order chi connectivity index (χ0) is 18.9. The van der Waals surface area contributed by atoms with Crippen LogP contribution in [0.3, 0.4) is 0 Å². The van der Waals surface area contributed by atoms with Crippen molar-refractivity contribution in [2.75, 3.05) is 30.5 Å². The lowest BCUT2D eigenvalue weighted by molar-refractivity contribution is -0.117.